The van der Waals surface area contributed by atoms with Crippen molar-refractivity contribution in [2.24, 2.45) is 0 Å². The highest BCUT2D eigenvalue weighted by atomic mass is 16.5. The molecular weight excluding hydrogens is 358 g/mol. The summed E-state index contributed by atoms with van der Waals surface area (Å²) in [5, 5.41) is 5.46. The Hall–Kier alpha value is -3.35. The van der Waals surface area contributed by atoms with Crippen molar-refractivity contribution in [3.05, 3.63) is 59.2 Å². The zero-order chi connectivity index (χ0) is 20.1. The van der Waals surface area contributed by atoms with E-state index in [1.807, 2.05) is 30.0 Å². The van der Waals surface area contributed by atoms with Gasteiger partial charge in [-0.3, -0.25) is 4.79 Å². The standard InChI is InChI=1S/C21H23N3O4/c1-3-19(25)24-11-10-15-12-14(8-9-18(15)24)13-22-21(27)23-17-7-5-4-6-16(17)20(26)28-2/h4-9,12H,3,10-11,13H2,1-2H3,(H2,22,23,27). The van der Waals surface area contributed by atoms with Gasteiger partial charge in [-0.05, 0) is 35.7 Å². The molecule has 0 atom stereocenters. The maximum atomic E-state index is 12.2. The highest BCUT2D eigenvalue weighted by molar-refractivity contribution is 6.00. The molecule has 0 aromatic heterocycles. The summed E-state index contributed by atoms with van der Waals surface area (Å²) in [5.74, 6) is -0.394. The maximum absolute atomic E-state index is 12.2. The largest absolute Gasteiger partial charge is 0.465 e. The van der Waals surface area contributed by atoms with Crippen molar-refractivity contribution in [2.45, 2.75) is 26.3 Å². The van der Waals surface area contributed by atoms with Crippen LogP contribution in [0.25, 0.3) is 0 Å². The first-order valence-corrected chi connectivity index (χ1v) is 9.17. The quantitative estimate of drug-likeness (QED) is 0.779. The Bertz CT molecular complexity index is 910. The third-order valence-electron chi connectivity index (χ3n) is 4.68. The Morgan fingerprint density at radius 3 is 2.68 bits per heavy atom. The predicted molar refractivity (Wildman–Crippen MR) is 106 cm³/mol. The molecule has 0 spiro atoms. The van der Waals surface area contributed by atoms with Gasteiger partial charge in [-0.1, -0.05) is 31.2 Å². The minimum Gasteiger partial charge on any atom is -0.465 e. The molecule has 0 saturated carbocycles. The molecule has 146 valence electrons. The summed E-state index contributed by atoms with van der Waals surface area (Å²) in [6.45, 7) is 2.89. The lowest BCUT2D eigenvalue weighted by molar-refractivity contribution is -0.118. The van der Waals surface area contributed by atoms with Gasteiger partial charge in [0.1, 0.15) is 0 Å². The van der Waals surface area contributed by atoms with Gasteiger partial charge in [0.05, 0.1) is 18.4 Å². The zero-order valence-electron chi connectivity index (χ0n) is 16.0. The number of nitrogens with one attached hydrogen (secondary N) is 2. The van der Waals surface area contributed by atoms with Gasteiger partial charge in [0.2, 0.25) is 5.91 Å². The average Bonchev–Trinajstić information content (AvgIpc) is 3.14. The van der Waals surface area contributed by atoms with Gasteiger partial charge in [0, 0.05) is 25.2 Å². The van der Waals surface area contributed by atoms with Gasteiger partial charge < -0.3 is 20.3 Å². The highest BCUT2D eigenvalue weighted by Crippen LogP contribution is 2.29. The second kappa shape index (κ2) is 8.56. The van der Waals surface area contributed by atoms with Crippen LogP contribution in [-0.4, -0.2) is 31.6 Å². The number of carbonyl (C=O) groups is 3. The Morgan fingerprint density at radius 1 is 1.14 bits per heavy atom. The van der Waals surface area contributed by atoms with E-state index in [1.54, 1.807) is 24.3 Å². The summed E-state index contributed by atoms with van der Waals surface area (Å²) in [6, 6.07) is 12.1. The number of rotatable bonds is 5. The summed E-state index contributed by atoms with van der Waals surface area (Å²) in [4.78, 5) is 37.8. The van der Waals surface area contributed by atoms with Crippen molar-refractivity contribution in [1.29, 1.82) is 0 Å². The Kier molecular flexibility index (Phi) is 5.93. The van der Waals surface area contributed by atoms with Crippen molar-refractivity contribution in [2.75, 3.05) is 23.9 Å². The van der Waals surface area contributed by atoms with Gasteiger partial charge in [0.15, 0.2) is 0 Å². The van der Waals surface area contributed by atoms with E-state index >= 15 is 0 Å². The molecule has 7 heteroatoms. The number of urea groups is 1. The number of nitrogens with zero attached hydrogens (tertiary/aromatic N) is 1. The van der Waals surface area contributed by atoms with Crippen molar-refractivity contribution >= 4 is 29.3 Å². The number of ether oxygens (including phenoxy) is 1. The van der Waals surface area contributed by atoms with Crippen LogP contribution in [0.15, 0.2) is 42.5 Å². The Morgan fingerprint density at radius 2 is 1.93 bits per heavy atom. The van der Waals surface area contributed by atoms with Crippen LogP contribution >= 0.6 is 0 Å². The molecule has 7 nitrogen and oxygen atoms in total. The second-order valence-electron chi connectivity index (χ2n) is 6.46. The SMILES string of the molecule is CCC(=O)N1CCc2cc(CNC(=O)Nc3ccccc3C(=O)OC)ccc21. The van der Waals surface area contributed by atoms with E-state index in [1.165, 1.54) is 7.11 Å². The van der Waals surface area contributed by atoms with E-state index in [0.717, 1.165) is 23.2 Å². The third kappa shape index (κ3) is 4.14. The van der Waals surface area contributed by atoms with E-state index in [9.17, 15) is 14.4 Å². The van der Waals surface area contributed by atoms with Crippen LogP contribution in [0.1, 0.15) is 34.8 Å². The van der Waals surface area contributed by atoms with Gasteiger partial charge in [-0.2, -0.15) is 0 Å². The molecule has 1 heterocycles. The number of esters is 1. The molecular formula is C21H23N3O4. The summed E-state index contributed by atoms with van der Waals surface area (Å²) < 4.78 is 4.73. The first-order chi connectivity index (χ1) is 13.5. The molecule has 0 unspecified atom stereocenters. The van der Waals surface area contributed by atoms with Gasteiger partial charge in [0.25, 0.3) is 0 Å². The number of amides is 3. The van der Waals surface area contributed by atoms with Gasteiger partial charge in [-0.15, -0.1) is 0 Å². The van der Waals surface area contributed by atoms with E-state index in [0.29, 0.717) is 30.8 Å². The number of para-hydroxylation sites is 1. The predicted octanol–water partition coefficient (Wildman–Crippen LogP) is 3.09. The molecule has 2 N–H and O–H groups in total. The molecule has 2 aromatic carbocycles. The minimum absolute atomic E-state index is 0.119. The second-order valence-corrected chi connectivity index (χ2v) is 6.46. The highest BCUT2D eigenvalue weighted by Gasteiger charge is 2.23. The van der Waals surface area contributed by atoms with E-state index < -0.39 is 12.0 Å². The van der Waals surface area contributed by atoms with Gasteiger partial charge in [-0.25, -0.2) is 9.59 Å². The summed E-state index contributed by atoms with van der Waals surface area (Å²) in [5.41, 5.74) is 3.68. The summed E-state index contributed by atoms with van der Waals surface area (Å²) in [7, 11) is 1.29. The molecule has 0 aliphatic carbocycles. The molecule has 3 amide bonds. The van der Waals surface area contributed by atoms with Crippen LogP contribution in [0, 0.1) is 0 Å². The van der Waals surface area contributed by atoms with E-state index in [-0.39, 0.29) is 5.91 Å². The Balaban J connectivity index is 1.62. The van der Waals surface area contributed by atoms with Crippen molar-refractivity contribution in [1.82, 2.24) is 5.32 Å². The molecule has 0 fully saturated rings. The number of hydrogen-bond acceptors (Lipinski definition) is 4. The number of fused-ring (bicyclic) bond motifs is 1. The van der Waals surface area contributed by atoms with E-state index in [2.05, 4.69) is 10.6 Å². The van der Waals surface area contributed by atoms with Crippen LogP contribution in [0.2, 0.25) is 0 Å². The zero-order valence-corrected chi connectivity index (χ0v) is 16.0. The maximum Gasteiger partial charge on any atom is 0.339 e. The van der Waals surface area contributed by atoms with Crippen LogP contribution in [-0.2, 0) is 22.5 Å². The molecule has 2 aromatic rings. The van der Waals surface area contributed by atoms with Gasteiger partial charge >= 0.3 is 12.0 Å². The lowest BCUT2D eigenvalue weighted by atomic mass is 10.1. The van der Waals surface area contributed by atoms with E-state index in [4.69, 9.17) is 4.74 Å². The smallest absolute Gasteiger partial charge is 0.339 e. The molecule has 1 aliphatic rings. The molecule has 0 saturated heterocycles. The number of carbonyl (C=O) groups excluding carboxylic acids is 3. The van der Waals surface area contributed by atoms with Crippen LogP contribution in [0.4, 0.5) is 16.2 Å². The number of benzene rings is 2. The third-order valence-corrected chi connectivity index (χ3v) is 4.68. The number of methoxy groups -OCH3 is 1. The van der Waals surface area contributed by atoms with Crippen molar-refractivity contribution in [3.8, 4) is 0 Å². The molecule has 28 heavy (non-hydrogen) atoms. The van der Waals surface area contributed by atoms with Crippen molar-refractivity contribution in [3.63, 3.8) is 0 Å². The molecule has 3 rings (SSSR count). The lowest BCUT2D eigenvalue weighted by Crippen LogP contribution is -2.29. The molecule has 0 bridgehead atoms. The molecule has 0 radical (unpaired) electrons. The fourth-order valence-electron chi connectivity index (χ4n) is 3.24. The average molecular weight is 381 g/mol. The minimum atomic E-state index is -0.513. The first-order valence-electron chi connectivity index (χ1n) is 9.17. The van der Waals surface area contributed by atoms with Crippen molar-refractivity contribution < 1.29 is 19.1 Å². The monoisotopic (exact) mass is 381 g/mol. The summed E-state index contributed by atoms with van der Waals surface area (Å²) in [6.07, 6.45) is 1.30. The number of hydrogen-bond donors (Lipinski definition) is 2. The normalized spacial score (nSPS) is 12.3. The fraction of sp³-hybridized carbons (Fsp3) is 0.286. The number of anilines is 2. The topological polar surface area (TPSA) is 87.7 Å². The fourth-order valence-corrected chi connectivity index (χ4v) is 3.24. The summed E-state index contributed by atoms with van der Waals surface area (Å²) >= 11 is 0. The van der Waals surface area contributed by atoms with Crippen LogP contribution in [0.3, 0.4) is 0 Å². The first kappa shape index (κ1) is 19.4. The van der Waals surface area contributed by atoms with Crippen LogP contribution < -0.4 is 15.5 Å². The Labute approximate surface area is 163 Å². The molecule has 1 aliphatic heterocycles. The van der Waals surface area contributed by atoms with Crippen LogP contribution in [0.5, 0.6) is 0 Å². The lowest BCUT2D eigenvalue weighted by Gasteiger charge is -2.16.